The van der Waals surface area contributed by atoms with Crippen LogP contribution in [0.3, 0.4) is 0 Å². The molecule has 1 fully saturated rings. The summed E-state index contributed by atoms with van der Waals surface area (Å²) in [5.74, 6) is 0.987. The minimum Gasteiger partial charge on any atom is -0.321 e. The summed E-state index contributed by atoms with van der Waals surface area (Å²) in [7, 11) is 2.16. The van der Waals surface area contributed by atoms with Gasteiger partial charge in [0.2, 0.25) is 0 Å². The summed E-state index contributed by atoms with van der Waals surface area (Å²) in [6, 6.07) is 6.04. The van der Waals surface area contributed by atoms with Gasteiger partial charge in [-0.05, 0) is 44.6 Å². The molecule has 0 radical (unpaired) electrons. The molecule has 0 aliphatic carbocycles. The molecule has 1 atom stereocenters. The van der Waals surface area contributed by atoms with E-state index in [1.54, 1.807) is 0 Å². The molecule has 1 aliphatic rings. The van der Waals surface area contributed by atoms with E-state index in [0.29, 0.717) is 18.3 Å². The van der Waals surface area contributed by atoms with Crippen molar-refractivity contribution in [2.75, 3.05) is 20.1 Å². The van der Waals surface area contributed by atoms with Crippen LogP contribution in [0.25, 0.3) is 26.8 Å². The summed E-state index contributed by atoms with van der Waals surface area (Å²) in [5, 5.41) is 5.45. The van der Waals surface area contributed by atoms with Crippen LogP contribution in [-0.2, 0) is 6.54 Å². The van der Waals surface area contributed by atoms with Crippen LogP contribution in [0.15, 0.2) is 36.8 Å². The van der Waals surface area contributed by atoms with Gasteiger partial charge < -0.3 is 9.47 Å². The lowest BCUT2D eigenvalue weighted by molar-refractivity contribution is 0.391. The van der Waals surface area contributed by atoms with Crippen molar-refractivity contribution in [1.29, 1.82) is 0 Å². The number of benzene rings is 1. The zero-order valence-corrected chi connectivity index (χ0v) is 16.0. The van der Waals surface area contributed by atoms with Crippen LogP contribution in [-0.4, -0.2) is 49.4 Å². The SMILES string of the molecule is [C-]#[N+]c1ccc2ncc3nc(Cn4cc(C)cn4)n([C@H]4CCN(C)C4)c3c2c1. The van der Waals surface area contributed by atoms with Gasteiger partial charge in [-0.25, -0.2) is 9.83 Å². The van der Waals surface area contributed by atoms with Gasteiger partial charge in [-0.15, -0.1) is 0 Å². The second-order valence-corrected chi connectivity index (χ2v) is 7.62. The first kappa shape index (κ1) is 16.9. The monoisotopic (exact) mass is 371 g/mol. The van der Waals surface area contributed by atoms with Crippen LogP contribution in [0.1, 0.15) is 23.9 Å². The fourth-order valence-corrected chi connectivity index (χ4v) is 4.21. The summed E-state index contributed by atoms with van der Waals surface area (Å²) in [4.78, 5) is 15.5. The molecule has 1 aromatic carbocycles. The van der Waals surface area contributed by atoms with Gasteiger partial charge in [0.25, 0.3) is 0 Å². The molecule has 0 saturated carbocycles. The number of rotatable bonds is 3. The Morgan fingerprint density at radius 1 is 1.25 bits per heavy atom. The predicted molar refractivity (Wildman–Crippen MR) is 109 cm³/mol. The van der Waals surface area contributed by atoms with E-state index in [9.17, 15) is 0 Å². The zero-order valence-electron chi connectivity index (χ0n) is 16.0. The average molecular weight is 371 g/mol. The summed E-state index contributed by atoms with van der Waals surface area (Å²) < 4.78 is 4.31. The molecule has 5 rings (SSSR count). The summed E-state index contributed by atoms with van der Waals surface area (Å²) in [6.45, 7) is 12.1. The molecular weight excluding hydrogens is 350 g/mol. The van der Waals surface area contributed by atoms with E-state index in [1.165, 1.54) is 0 Å². The molecule has 0 N–H and O–H groups in total. The van der Waals surface area contributed by atoms with Gasteiger partial charge in [0.05, 0.1) is 36.5 Å². The van der Waals surface area contributed by atoms with Crippen molar-refractivity contribution in [3.8, 4) is 0 Å². The third-order valence-corrected chi connectivity index (χ3v) is 5.50. The first-order chi connectivity index (χ1) is 13.6. The maximum absolute atomic E-state index is 7.39. The Bertz CT molecular complexity index is 1230. The summed E-state index contributed by atoms with van der Waals surface area (Å²) in [6.07, 6.45) is 6.84. The van der Waals surface area contributed by atoms with Crippen LogP contribution < -0.4 is 0 Å². The number of hydrogen-bond donors (Lipinski definition) is 0. The largest absolute Gasteiger partial charge is 0.321 e. The van der Waals surface area contributed by atoms with Gasteiger partial charge >= 0.3 is 0 Å². The molecule has 1 saturated heterocycles. The highest BCUT2D eigenvalue weighted by atomic mass is 15.3. The van der Waals surface area contributed by atoms with Crippen LogP contribution in [0.4, 0.5) is 5.69 Å². The van der Waals surface area contributed by atoms with Gasteiger partial charge in [0.15, 0.2) is 5.69 Å². The number of fused-ring (bicyclic) bond motifs is 3. The molecule has 140 valence electrons. The Morgan fingerprint density at radius 2 is 2.14 bits per heavy atom. The lowest BCUT2D eigenvalue weighted by atomic mass is 10.1. The highest BCUT2D eigenvalue weighted by molar-refractivity contribution is 6.03. The predicted octanol–water partition coefficient (Wildman–Crippen LogP) is 3.57. The molecule has 0 spiro atoms. The van der Waals surface area contributed by atoms with E-state index in [2.05, 4.69) is 31.4 Å². The second-order valence-electron chi connectivity index (χ2n) is 7.62. The van der Waals surface area contributed by atoms with Gasteiger partial charge in [-0.2, -0.15) is 5.10 Å². The van der Waals surface area contributed by atoms with Gasteiger partial charge in [0, 0.05) is 24.2 Å². The molecular formula is C21H21N7. The minimum atomic E-state index is 0.351. The molecule has 28 heavy (non-hydrogen) atoms. The van der Waals surface area contributed by atoms with Crippen molar-refractivity contribution in [3.05, 3.63) is 59.6 Å². The summed E-state index contributed by atoms with van der Waals surface area (Å²) in [5.41, 5.74) is 4.62. The molecule has 0 unspecified atom stereocenters. The van der Waals surface area contributed by atoms with Crippen molar-refractivity contribution in [3.63, 3.8) is 0 Å². The quantitative estimate of drug-likeness (QED) is 0.517. The number of nitrogens with zero attached hydrogens (tertiary/aromatic N) is 7. The number of imidazole rings is 1. The van der Waals surface area contributed by atoms with E-state index in [0.717, 1.165) is 52.8 Å². The van der Waals surface area contributed by atoms with E-state index in [4.69, 9.17) is 11.6 Å². The van der Waals surface area contributed by atoms with E-state index >= 15 is 0 Å². The number of likely N-dealkylation sites (N-methyl/N-ethyl adjacent to an activating group) is 1. The fourth-order valence-electron chi connectivity index (χ4n) is 4.21. The molecule has 1 aliphatic heterocycles. The topological polar surface area (TPSA) is 56.1 Å². The third-order valence-electron chi connectivity index (χ3n) is 5.50. The number of aryl methyl sites for hydroxylation is 1. The van der Waals surface area contributed by atoms with Crippen LogP contribution in [0.2, 0.25) is 0 Å². The number of likely N-dealkylation sites (tertiary alicyclic amines) is 1. The van der Waals surface area contributed by atoms with E-state index in [1.807, 2.05) is 48.4 Å². The lowest BCUT2D eigenvalue weighted by Gasteiger charge is -2.18. The van der Waals surface area contributed by atoms with Gasteiger partial charge in [0.1, 0.15) is 11.3 Å². The highest BCUT2D eigenvalue weighted by Crippen LogP contribution is 2.33. The maximum Gasteiger partial charge on any atom is 0.188 e. The molecule has 7 nitrogen and oxygen atoms in total. The normalized spacial score (nSPS) is 17.5. The minimum absolute atomic E-state index is 0.351. The Morgan fingerprint density at radius 3 is 2.86 bits per heavy atom. The molecule has 4 aromatic rings. The lowest BCUT2D eigenvalue weighted by Crippen LogP contribution is -2.19. The highest BCUT2D eigenvalue weighted by Gasteiger charge is 2.26. The molecule has 3 aromatic heterocycles. The van der Waals surface area contributed by atoms with Gasteiger partial charge in [-0.3, -0.25) is 9.67 Å². The first-order valence-electron chi connectivity index (χ1n) is 9.47. The third kappa shape index (κ3) is 2.74. The molecule has 7 heteroatoms. The van der Waals surface area contributed by atoms with E-state index in [-0.39, 0.29) is 0 Å². The standard InChI is InChI=1S/C21H21N7/c1-14-9-24-27(11-14)13-20-25-19-10-23-18-5-4-15(22-2)8-17(18)21(19)28(20)16-6-7-26(3)12-16/h4-5,8-11,16H,6-7,12-13H2,1,3H3/t16-/m0/s1. The first-order valence-corrected chi connectivity index (χ1v) is 9.47. The molecule has 4 heterocycles. The van der Waals surface area contributed by atoms with Crippen molar-refractivity contribution >= 4 is 27.6 Å². The van der Waals surface area contributed by atoms with Crippen LogP contribution in [0.5, 0.6) is 0 Å². The van der Waals surface area contributed by atoms with Gasteiger partial charge in [-0.1, -0.05) is 6.07 Å². The maximum atomic E-state index is 7.39. The smallest absolute Gasteiger partial charge is 0.188 e. The number of hydrogen-bond acceptors (Lipinski definition) is 4. The number of pyridine rings is 1. The fraction of sp³-hybridized carbons (Fsp3) is 0.333. The molecule has 0 bridgehead atoms. The van der Waals surface area contributed by atoms with Crippen LogP contribution >= 0.6 is 0 Å². The number of aromatic nitrogens is 5. The Hall–Kier alpha value is -3.24. The Labute approximate surface area is 163 Å². The zero-order chi connectivity index (χ0) is 19.3. The van der Waals surface area contributed by atoms with Crippen LogP contribution in [0, 0.1) is 13.5 Å². The average Bonchev–Trinajstić information content (AvgIpc) is 3.39. The Kier molecular flexibility index (Phi) is 3.88. The second kappa shape index (κ2) is 6.43. The Balaban J connectivity index is 1.76. The van der Waals surface area contributed by atoms with Crippen molar-refractivity contribution in [2.24, 2.45) is 0 Å². The van der Waals surface area contributed by atoms with Crippen molar-refractivity contribution in [1.82, 2.24) is 29.2 Å². The van der Waals surface area contributed by atoms with E-state index < -0.39 is 0 Å². The molecule has 0 amide bonds. The van der Waals surface area contributed by atoms with Crippen molar-refractivity contribution < 1.29 is 0 Å². The van der Waals surface area contributed by atoms with Crippen molar-refractivity contribution in [2.45, 2.75) is 25.9 Å². The summed E-state index contributed by atoms with van der Waals surface area (Å²) >= 11 is 0.